The maximum absolute atomic E-state index is 12.9. The fourth-order valence-electron chi connectivity index (χ4n) is 3.61. The molecule has 0 fully saturated rings. The topological polar surface area (TPSA) is 77.6 Å². The maximum Gasteiger partial charge on any atom is 0.276 e. The van der Waals surface area contributed by atoms with Gasteiger partial charge < -0.3 is 14.6 Å². The van der Waals surface area contributed by atoms with Gasteiger partial charge in [0.2, 0.25) is 0 Å². The molecule has 4 rings (SSSR count). The molecule has 2 aromatic carbocycles. The first-order valence-corrected chi connectivity index (χ1v) is 10.6. The van der Waals surface area contributed by atoms with Crippen LogP contribution in [0.5, 0.6) is 5.75 Å². The highest BCUT2D eigenvalue weighted by Gasteiger charge is 2.12. The van der Waals surface area contributed by atoms with E-state index in [1.54, 1.807) is 45.7 Å². The zero-order chi connectivity index (χ0) is 22.7. The van der Waals surface area contributed by atoms with E-state index in [4.69, 9.17) is 4.74 Å². The molecule has 0 saturated carbocycles. The van der Waals surface area contributed by atoms with E-state index in [1.165, 1.54) is 0 Å². The minimum atomic E-state index is -0.191. The predicted octanol–water partition coefficient (Wildman–Crippen LogP) is 3.61. The van der Waals surface area contributed by atoms with E-state index < -0.39 is 0 Å². The van der Waals surface area contributed by atoms with Crippen molar-refractivity contribution in [3.63, 3.8) is 0 Å². The second-order valence-electron chi connectivity index (χ2n) is 7.69. The molecule has 0 aliphatic carbocycles. The lowest BCUT2D eigenvalue weighted by Crippen LogP contribution is -2.31. The first-order chi connectivity index (χ1) is 15.5. The highest BCUT2D eigenvalue weighted by Crippen LogP contribution is 2.23. The zero-order valence-electron chi connectivity index (χ0n) is 18.5. The van der Waals surface area contributed by atoms with E-state index in [0.717, 1.165) is 28.1 Å². The van der Waals surface area contributed by atoms with Gasteiger partial charge in [-0.25, -0.2) is 4.52 Å². The number of fused-ring (bicyclic) bond motifs is 1. The van der Waals surface area contributed by atoms with E-state index in [0.29, 0.717) is 30.8 Å². The standard InChI is InChI=1S/C25H26N4O3/c1-4-32-20-9-7-19(8-10-20)24(30)26-11-12-28-13-14-29-23(25(28)31)16-22(27-29)21-15-17(2)5-6-18(21)3/h5-10,13-16H,4,11-12H2,1-3H3,(H,26,30). The molecule has 7 heteroatoms. The minimum Gasteiger partial charge on any atom is -0.494 e. The van der Waals surface area contributed by atoms with Gasteiger partial charge in [-0.15, -0.1) is 0 Å². The SMILES string of the molecule is CCOc1ccc(C(=O)NCCn2ccn3nc(-c4cc(C)ccc4C)cc3c2=O)cc1. The van der Waals surface area contributed by atoms with Crippen LogP contribution in [0, 0.1) is 13.8 Å². The van der Waals surface area contributed by atoms with Crippen LogP contribution < -0.4 is 15.6 Å². The number of nitrogens with one attached hydrogen (secondary N) is 1. The van der Waals surface area contributed by atoms with Crippen LogP contribution in [0.4, 0.5) is 0 Å². The maximum atomic E-state index is 12.9. The molecule has 164 valence electrons. The number of carbonyl (C=O) groups is 1. The van der Waals surface area contributed by atoms with Crippen molar-refractivity contribution in [1.29, 1.82) is 0 Å². The van der Waals surface area contributed by atoms with Gasteiger partial charge in [0.15, 0.2) is 0 Å². The van der Waals surface area contributed by atoms with Crippen LogP contribution in [0.3, 0.4) is 0 Å². The molecule has 2 aromatic heterocycles. The van der Waals surface area contributed by atoms with Crippen molar-refractivity contribution in [3.8, 4) is 17.0 Å². The Hall–Kier alpha value is -3.87. The number of rotatable bonds is 7. The highest BCUT2D eigenvalue weighted by atomic mass is 16.5. The Labute approximate surface area is 186 Å². The summed E-state index contributed by atoms with van der Waals surface area (Å²) in [5, 5.41) is 7.44. The van der Waals surface area contributed by atoms with Gasteiger partial charge in [-0.3, -0.25) is 9.59 Å². The summed E-state index contributed by atoms with van der Waals surface area (Å²) in [6.45, 7) is 7.25. The van der Waals surface area contributed by atoms with E-state index in [-0.39, 0.29) is 11.5 Å². The van der Waals surface area contributed by atoms with Crippen molar-refractivity contribution in [1.82, 2.24) is 19.5 Å². The summed E-state index contributed by atoms with van der Waals surface area (Å²) in [4.78, 5) is 25.3. The molecule has 0 saturated heterocycles. The number of hydrogen-bond donors (Lipinski definition) is 1. The largest absolute Gasteiger partial charge is 0.494 e. The third-order valence-electron chi connectivity index (χ3n) is 5.34. The van der Waals surface area contributed by atoms with Crippen molar-refractivity contribution in [3.05, 3.63) is 88.0 Å². The van der Waals surface area contributed by atoms with Crippen molar-refractivity contribution < 1.29 is 9.53 Å². The molecule has 0 unspecified atom stereocenters. The molecular weight excluding hydrogens is 404 g/mol. The monoisotopic (exact) mass is 430 g/mol. The lowest BCUT2D eigenvalue weighted by atomic mass is 10.0. The van der Waals surface area contributed by atoms with E-state index in [2.05, 4.69) is 28.6 Å². The van der Waals surface area contributed by atoms with Gasteiger partial charge in [0.05, 0.1) is 12.3 Å². The highest BCUT2D eigenvalue weighted by molar-refractivity contribution is 5.94. The Morgan fingerprint density at radius 3 is 2.59 bits per heavy atom. The number of carbonyl (C=O) groups excluding carboxylic acids is 1. The Bertz CT molecular complexity index is 1320. The Kier molecular flexibility index (Phi) is 6.07. The van der Waals surface area contributed by atoms with E-state index in [1.807, 2.05) is 26.8 Å². The summed E-state index contributed by atoms with van der Waals surface area (Å²) >= 11 is 0. The Morgan fingerprint density at radius 2 is 1.84 bits per heavy atom. The molecule has 4 aromatic rings. The van der Waals surface area contributed by atoms with Crippen LogP contribution in [-0.4, -0.2) is 33.2 Å². The van der Waals surface area contributed by atoms with Crippen molar-refractivity contribution >= 4 is 11.4 Å². The molecule has 32 heavy (non-hydrogen) atoms. The van der Waals surface area contributed by atoms with Gasteiger partial charge >= 0.3 is 0 Å². The van der Waals surface area contributed by atoms with Crippen LogP contribution in [0.1, 0.15) is 28.4 Å². The fraction of sp³-hybridized carbons (Fsp3) is 0.240. The average Bonchev–Trinajstić information content (AvgIpc) is 3.22. The first-order valence-electron chi connectivity index (χ1n) is 10.6. The predicted molar refractivity (Wildman–Crippen MR) is 124 cm³/mol. The fourth-order valence-corrected chi connectivity index (χ4v) is 3.61. The van der Waals surface area contributed by atoms with Crippen molar-refractivity contribution in [2.75, 3.05) is 13.2 Å². The number of aromatic nitrogens is 3. The summed E-state index contributed by atoms with van der Waals surface area (Å²) < 4.78 is 8.58. The van der Waals surface area contributed by atoms with Crippen LogP contribution in [0.2, 0.25) is 0 Å². The lowest BCUT2D eigenvalue weighted by molar-refractivity contribution is 0.0952. The zero-order valence-corrected chi connectivity index (χ0v) is 18.5. The summed E-state index contributed by atoms with van der Waals surface area (Å²) in [5.41, 5.74) is 4.94. The Balaban J connectivity index is 1.47. The lowest BCUT2D eigenvalue weighted by Gasteiger charge is -2.08. The second kappa shape index (κ2) is 9.09. The average molecular weight is 431 g/mol. The number of amides is 1. The van der Waals surface area contributed by atoms with Crippen LogP contribution in [0.15, 0.2) is 65.7 Å². The molecule has 2 heterocycles. The third-order valence-corrected chi connectivity index (χ3v) is 5.34. The molecule has 1 amide bonds. The second-order valence-corrected chi connectivity index (χ2v) is 7.69. The van der Waals surface area contributed by atoms with Gasteiger partial charge in [-0.1, -0.05) is 17.7 Å². The van der Waals surface area contributed by atoms with Gasteiger partial charge in [0, 0.05) is 36.6 Å². The molecule has 0 atom stereocenters. The number of aryl methyl sites for hydroxylation is 2. The molecular formula is C25H26N4O3. The van der Waals surface area contributed by atoms with Gasteiger partial charge in [-0.05, 0) is 62.7 Å². The van der Waals surface area contributed by atoms with Crippen LogP contribution >= 0.6 is 0 Å². The number of benzene rings is 2. The number of hydrogen-bond acceptors (Lipinski definition) is 4. The molecule has 0 bridgehead atoms. The van der Waals surface area contributed by atoms with Gasteiger partial charge in [-0.2, -0.15) is 5.10 Å². The van der Waals surface area contributed by atoms with Gasteiger partial charge in [0.1, 0.15) is 11.3 Å². The molecule has 0 spiro atoms. The summed E-state index contributed by atoms with van der Waals surface area (Å²) in [7, 11) is 0. The molecule has 1 N–H and O–H groups in total. The van der Waals surface area contributed by atoms with Crippen molar-refractivity contribution in [2.45, 2.75) is 27.3 Å². The van der Waals surface area contributed by atoms with Gasteiger partial charge in [0.25, 0.3) is 11.5 Å². The first kappa shape index (κ1) is 21.4. The molecule has 0 aliphatic heterocycles. The quantitative estimate of drug-likeness (QED) is 0.486. The minimum absolute atomic E-state index is 0.146. The van der Waals surface area contributed by atoms with Crippen LogP contribution in [0.25, 0.3) is 16.8 Å². The van der Waals surface area contributed by atoms with E-state index >= 15 is 0 Å². The smallest absolute Gasteiger partial charge is 0.276 e. The number of ether oxygens (including phenoxy) is 1. The molecule has 0 radical (unpaired) electrons. The van der Waals surface area contributed by atoms with E-state index in [9.17, 15) is 9.59 Å². The van der Waals surface area contributed by atoms with Crippen LogP contribution in [-0.2, 0) is 6.54 Å². The normalized spacial score (nSPS) is 11.0. The summed E-state index contributed by atoms with van der Waals surface area (Å²) in [6.07, 6.45) is 3.46. The Morgan fingerprint density at radius 1 is 1.06 bits per heavy atom. The molecule has 0 aliphatic rings. The summed E-state index contributed by atoms with van der Waals surface area (Å²) in [6, 6.07) is 15.0. The summed E-state index contributed by atoms with van der Waals surface area (Å²) in [5.74, 6) is 0.536. The number of nitrogens with zero attached hydrogens (tertiary/aromatic N) is 3. The third kappa shape index (κ3) is 4.42. The molecule has 7 nitrogen and oxygen atoms in total. The van der Waals surface area contributed by atoms with Crippen molar-refractivity contribution in [2.24, 2.45) is 0 Å².